The molecule has 4 aromatic rings. The van der Waals surface area contributed by atoms with Gasteiger partial charge in [0, 0.05) is 41.2 Å². The third kappa shape index (κ3) is 6.79. The van der Waals surface area contributed by atoms with Crippen LogP contribution >= 0.6 is 0 Å². The Morgan fingerprint density at radius 3 is 2.21 bits per heavy atom. The Morgan fingerprint density at radius 2 is 1.51 bits per heavy atom. The molecule has 1 heterocycles. The highest BCUT2D eigenvalue weighted by atomic mass is 16.2. The van der Waals surface area contributed by atoms with Crippen molar-refractivity contribution in [2.24, 2.45) is 0 Å². The average molecular weight is 579 g/mol. The van der Waals surface area contributed by atoms with Crippen molar-refractivity contribution in [3.63, 3.8) is 0 Å². The lowest BCUT2D eigenvalue weighted by Crippen LogP contribution is -2.61. The van der Waals surface area contributed by atoms with E-state index in [9.17, 15) is 9.59 Å². The highest BCUT2D eigenvalue weighted by Crippen LogP contribution is 2.35. The van der Waals surface area contributed by atoms with Gasteiger partial charge in [0.05, 0.1) is 0 Å². The van der Waals surface area contributed by atoms with E-state index >= 15 is 0 Å². The summed E-state index contributed by atoms with van der Waals surface area (Å²) in [5.74, 6) is 0.547. The van der Waals surface area contributed by atoms with Gasteiger partial charge in [-0.2, -0.15) is 0 Å². The number of benzene rings is 3. The number of anilines is 1. The third-order valence-electron chi connectivity index (χ3n) is 9.03. The minimum Gasteiger partial charge on any atom is -0.361 e. The number of para-hydroxylation sites is 2. The molecule has 3 atom stereocenters. The maximum absolute atomic E-state index is 14.3. The highest BCUT2D eigenvalue weighted by Gasteiger charge is 2.39. The van der Waals surface area contributed by atoms with Crippen molar-refractivity contribution in [1.82, 2.24) is 15.6 Å². The molecule has 0 spiro atoms. The fraction of sp³-hybridized carbons (Fsp3) is 0.405. The highest BCUT2D eigenvalue weighted by molar-refractivity contribution is 5.97. The molecule has 1 saturated carbocycles. The molecule has 226 valence electrons. The average Bonchev–Trinajstić information content (AvgIpc) is 3.39. The van der Waals surface area contributed by atoms with Gasteiger partial charge in [0.2, 0.25) is 5.91 Å². The number of hydrogen-bond acceptors (Lipinski definition) is 2. The first-order valence-electron chi connectivity index (χ1n) is 15.8. The van der Waals surface area contributed by atoms with E-state index in [0.717, 1.165) is 59.0 Å². The van der Waals surface area contributed by atoms with Gasteiger partial charge in [-0.25, -0.2) is 4.79 Å². The van der Waals surface area contributed by atoms with Crippen LogP contribution in [0.1, 0.15) is 100 Å². The molecule has 1 aromatic heterocycles. The first-order chi connectivity index (χ1) is 20.7. The number of fused-ring (bicyclic) bond motifs is 1. The Kier molecular flexibility index (Phi) is 9.24. The predicted molar refractivity (Wildman–Crippen MR) is 177 cm³/mol. The molecule has 6 heteroatoms. The van der Waals surface area contributed by atoms with Crippen LogP contribution < -0.4 is 16.0 Å². The zero-order chi connectivity index (χ0) is 30.6. The summed E-state index contributed by atoms with van der Waals surface area (Å²) in [6.45, 7) is 10.4. The van der Waals surface area contributed by atoms with Crippen molar-refractivity contribution in [3.8, 4) is 0 Å². The van der Waals surface area contributed by atoms with Crippen molar-refractivity contribution in [2.75, 3.05) is 5.32 Å². The number of rotatable bonds is 9. The molecule has 0 radical (unpaired) electrons. The molecule has 0 bridgehead atoms. The largest absolute Gasteiger partial charge is 0.361 e. The molecule has 6 nitrogen and oxygen atoms in total. The van der Waals surface area contributed by atoms with Gasteiger partial charge < -0.3 is 20.9 Å². The molecule has 1 aliphatic carbocycles. The van der Waals surface area contributed by atoms with E-state index in [4.69, 9.17) is 0 Å². The van der Waals surface area contributed by atoms with E-state index in [-0.39, 0.29) is 35.7 Å². The number of carbonyl (C=O) groups excluding carboxylic acids is 2. The van der Waals surface area contributed by atoms with Crippen LogP contribution in [0.2, 0.25) is 0 Å². The van der Waals surface area contributed by atoms with Gasteiger partial charge in [0.25, 0.3) is 0 Å². The summed E-state index contributed by atoms with van der Waals surface area (Å²) >= 11 is 0. The Labute approximate surface area is 256 Å². The van der Waals surface area contributed by atoms with E-state index in [1.54, 1.807) is 0 Å². The first-order valence-corrected chi connectivity index (χ1v) is 15.8. The Hall–Kier alpha value is -4.06. The number of urea groups is 1. The molecular formula is C37H46N4O2. The van der Waals surface area contributed by atoms with Gasteiger partial charge in [-0.05, 0) is 59.9 Å². The topological polar surface area (TPSA) is 86.0 Å². The van der Waals surface area contributed by atoms with E-state index in [1.807, 2.05) is 37.4 Å². The van der Waals surface area contributed by atoms with Gasteiger partial charge in [-0.3, -0.25) is 4.79 Å². The first kappa shape index (κ1) is 30.4. The van der Waals surface area contributed by atoms with Crippen LogP contribution in [0.25, 0.3) is 10.9 Å². The fourth-order valence-corrected chi connectivity index (χ4v) is 6.66. The summed E-state index contributed by atoms with van der Waals surface area (Å²) in [6.07, 6.45) is 6.47. The number of hydrogen-bond donors (Lipinski definition) is 4. The van der Waals surface area contributed by atoms with Crippen molar-refractivity contribution >= 4 is 28.5 Å². The second kappa shape index (κ2) is 13.1. The second-order valence-corrected chi connectivity index (χ2v) is 12.9. The summed E-state index contributed by atoms with van der Waals surface area (Å²) in [6, 6.07) is 24.4. The molecular weight excluding hydrogens is 532 g/mol. The van der Waals surface area contributed by atoms with E-state index in [2.05, 4.69) is 97.2 Å². The monoisotopic (exact) mass is 578 g/mol. The Bertz CT molecular complexity index is 1530. The molecule has 4 N–H and O–H groups in total. The van der Waals surface area contributed by atoms with Crippen LogP contribution in [-0.2, 0) is 11.2 Å². The standard InChI is InChI=1S/C37H46N4O2/c1-24(2)28-18-13-19-29(25(3)4)34(28)40-36(43)41-37(5,22-27-23-38-32-20-11-9-17-31(27)32)35(42)39-33-21-12-10-16-30(33)26-14-7-6-8-15-26/h6-9,11,13-15,17-20,23-25,30,33,38H,10,12,16,21-22H2,1-5H3,(H,39,42)(H2,40,41,43)/t30-,33-,37+/m0/s1. The van der Waals surface area contributed by atoms with Crippen molar-refractivity contribution in [1.29, 1.82) is 0 Å². The minimum absolute atomic E-state index is 0.00464. The Balaban J connectivity index is 1.45. The number of carbonyl (C=O) groups is 2. The smallest absolute Gasteiger partial charge is 0.320 e. The maximum Gasteiger partial charge on any atom is 0.320 e. The maximum atomic E-state index is 14.3. The van der Waals surface area contributed by atoms with E-state index in [0.29, 0.717) is 6.42 Å². The zero-order valence-electron chi connectivity index (χ0n) is 26.2. The minimum atomic E-state index is -1.20. The van der Waals surface area contributed by atoms with Gasteiger partial charge >= 0.3 is 6.03 Å². The number of aromatic amines is 1. The molecule has 0 unspecified atom stereocenters. The van der Waals surface area contributed by atoms with E-state index < -0.39 is 5.54 Å². The van der Waals surface area contributed by atoms with Crippen LogP contribution in [0.4, 0.5) is 10.5 Å². The second-order valence-electron chi connectivity index (χ2n) is 12.9. The number of H-pyrrole nitrogens is 1. The SMILES string of the molecule is CC(C)c1cccc(C(C)C)c1NC(=O)N[C@](C)(Cc1c[nH]c2ccccc12)C(=O)N[C@H]1CCCC[C@H]1c1ccccc1. The van der Waals surface area contributed by atoms with Crippen LogP contribution in [-0.4, -0.2) is 28.5 Å². The fourth-order valence-electron chi connectivity index (χ4n) is 6.66. The molecule has 0 aliphatic heterocycles. The van der Waals surface area contributed by atoms with Crippen molar-refractivity contribution in [2.45, 2.75) is 96.1 Å². The molecule has 1 aliphatic rings. The van der Waals surface area contributed by atoms with Crippen LogP contribution in [0.3, 0.4) is 0 Å². The van der Waals surface area contributed by atoms with E-state index in [1.165, 1.54) is 5.56 Å². The third-order valence-corrected chi connectivity index (χ3v) is 9.03. The lowest BCUT2D eigenvalue weighted by Gasteiger charge is -2.37. The molecule has 0 saturated heterocycles. The summed E-state index contributed by atoms with van der Waals surface area (Å²) in [7, 11) is 0. The van der Waals surface area contributed by atoms with Gasteiger partial charge in [0.1, 0.15) is 5.54 Å². The quantitative estimate of drug-likeness (QED) is 0.161. The van der Waals surface area contributed by atoms with Crippen LogP contribution in [0, 0.1) is 0 Å². The summed E-state index contributed by atoms with van der Waals surface area (Å²) in [4.78, 5) is 31.5. The molecule has 5 rings (SSSR count). The number of nitrogens with one attached hydrogen (secondary N) is 4. The summed E-state index contributed by atoms with van der Waals surface area (Å²) in [5.41, 5.74) is 5.04. The normalized spacial score (nSPS) is 18.4. The van der Waals surface area contributed by atoms with Crippen molar-refractivity contribution in [3.05, 3.63) is 101 Å². The summed E-state index contributed by atoms with van der Waals surface area (Å²) < 4.78 is 0. The van der Waals surface area contributed by atoms with Gasteiger partial charge in [0.15, 0.2) is 0 Å². The van der Waals surface area contributed by atoms with Gasteiger partial charge in [-0.15, -0.1) is 0 Å². The molecule has 3 amide bonds. The number of aromatic nitrogens is 1. The van der Waals surface area contributed by atoms with Gasteiger partial charge in [-0.1, -0.05) is 107 Å². The lowest BCUT2D eigenvalue weighted by atomic mass is 9.79. The lowest BCUT2D eigenvalue weighted by molar-refractivity contribution is -0.127. The summed E-state index contributed by atoms with van der Waals surface area (Å²) in [5, 5.41) is 10.8. The molecule has 43 heavy (non-hydrogen) atoms. The zero-order valence-corrected chi connectivity index (χ0v) is 26.2. The predicted octanol–water partition coefficient (Wildman–Crippen LogP) is 8.38. The molecule has 1 fully saturated rings. The number of amides is 3. The van der Waals surface area contributed by atoms with Crippen molar-refractivity contribution < 1.29 is 9.59 Å². The van der Waals surface area contributed by atoms with Crippen LogP contribution in [0.5, 0.6) is 0 Å². The van der Waals surface area contributed by atoms with Crippen LogP contribution in [0.15, 0.2) is 79.0 Å². The molecule has 3 aromatic carbocycles. The Morgan fingerprint density at radius 1 is 0.860 bits per heavy atom.